The minimum Gasteiger partial charge on any atom is -0.338 e. The Morgan fingerprint density at radius 2 is 2.00 bits per heavy atom. The van der Waals surface area contributed by atoms with Gasteiger partial charge < -0.3 is 10.2 Å². The van der Waals surface area contributed by atoms with Crippen LogP contribution in [-0.2, 0) is 11.8 Å². The molecule has 2 amide bonds. The quantitative estimate of drug-likeness (QED) is 0.936. The first-order chi connectivity index (χ1) is 11.5. The van der Waals surface area contributed by atoms with Gasteiger partial charge in [0.15, 0.2) is 5.82 Å². The van der Waals surface area contributed by atoms with Gasteiger partial charge >= 0.3 is 0 Å². The summed E-state index contributed by atoms with van der Waals surface area (Å²) < 4.78 is 14.6. The van der Waals surface area contributed by atoms with Gasteiger partial charge in [-0.05, 0) is 37.1 Å². The van der Waals surface area contributed by atoms with Gasteiger partial charge in [0.1, 0.15) is 5.82 Å². The number of amides is 2. The second-order valence-electron chi connectivity index (χ2n) is 5.96. The largest absolute Gasteiger partial charge is 0.338 e. The Hall–Kier alpha value is -2.70. The highest BCUT2D eigenvalue weighted by Gasteiger charge is 2.29. The smallest absolute Gasteiger partial charge is 0.253 e. The molecule has 7 heteroatoms. The lowest BCUT2D eigenvalue weighted by atomic mass is 9.96. The Morgan fingerprint density at radius 3 is 2.67 bits per heavy atom. The van der Waals surface area contributed by atoms with Crippen molar-refractivity contribution in [2.75, 3.05) is 18.4 Å². The van der Waals surface area contributed by atoms with Gasteiger partial charge in [0.25, 0.3) is 5.91 Å². The maximum absolute atomic E-state index is 13.0. The predicted octanol–water partition coefficient (Wildman–Crippen LogP) is 2.05. The van der Waals surface area contributed by atoms with Crippen LogP contribution in [0, 0.1) is 11.7 Å². The fourth-order valence-corrected chi connectivity index (χ4v) is 2.86. The molecule has 1 aromatic heterocycles. The average molecular weight is 330 g/mol. The Kier molecular flexibility index (Phi) is 4.59. The molecular weight excluding hydrogens is 311 g/mol. The molecule has 0 radical (unpaired) electrons. The van der Waals surface area contributed by atoms with E-state index in [1.54, 1.807) is 28.9 Å². The van der Waals surface area contributed by atoms with E-state index >= 15 is 0 Å². The number of aromatic nitrogens is 2. The summed E-state index contributed by atoms with van der Waals surface area (Å²) in [6.07, 6.45) is 3.24. The number of halogens is 1. The lowest BCUT2D eigenvalue weighted by Gasteiger charge is -2.32. The van der Waals surface area contributed by atoms with Crippen molar-refractivity contribution < 1.29 is 14.0 Å². The van der Waals surface area contributed by atoms with Crippen molar-refractivity contribution in [3.63, 3.8) is 0 Å². The van der Waals surface area contributed by atoms with E-state index in [1.807, 2.05) is 0 Å². The zero-order valence-corrected chi connectivity index (χ0v) is 13.4. The molecule has 1 N–H and O–H groups in total. The van der Waals surface area contributed by atoms with Crippen molar-refractivity contribution in [3.05, 3.63) is 47.9 Å². The number of likely N-dealkylation sites (tertiary alicyclic amines) is 1. The van der Waals surface area contributed by atoms with Gasteiger partial charge in [0.05, 0.1) is 5.92 Å². The molecule has 3 rings (SSSR count). The molecule has 6 nitrogen and oxygen atoms in total. The standard InChI is InChI=1S/C17H19FN4O2/c1-21-10-8-15(20-21)19-16(23)13-3-2-9-22(11-13)17(24)12-4-6-14(18)7-5-12/h4-8,10,13H,2-3,9,11H2,1H3,(H,19,20,23). The molecule has 1 unspecified atom stereocenters. The molecule has 0 bridgehead atoms. The van der Waals surface area contributed by atoms with Crippen molar-refractivity contribution in [2.45, 2.75) is 12.8 Å². The molecule has 24 heavy (non-hydrogen) atoms. The molecule has 1 saturated heterocycles. The summed E-state index contributed by atoms with van der Waals surface area (Å²) in [5, 5.41) is 6.90. The van der Waals surface area contributed by atoms with Crippen molar-refractivity contribution in [3.8, 4) is 0 Å². The van der Waals surface area contributed by atoms with Crippen LogP contribution in [0.5, 0.6) is 0 Å². The second-order valence-corrected chi connectivity index (χ2v) is 5.96. The molecule has 1 aromatic carbocycles. The van der Waals surface area contributed by atoms with E-state index in [0.29, 0.717) is 24.5 Å². The molecule has 0 aliphatic carbocycles. The maximum atomic E-state index is 13.0. The third kappa shape index (κ3) is 3.61. The molecule has 0 saturated carbocycles. The fourth-order valence-electron chi connectivity index (χ4n) is 2.86. The SMILES string of the molecule is Cn1ccc(NC(=O)C2CCCN(C(=O)c3ccc(F)cc3)C2)n1. The molecule has 1 atom stereocenters. The third-order valence-corrected chi connectivity index (χ3v) is 4.14. The van der Waals surface area contributed by atoms with Crippen LogP contribution in [0.15, 0.2) is 36.5 Å². The molecular formula is C17H19FN4O2. The molecule has 2 aromatic rings. The van der Waals surface area contributed by atoms with Crippen molar-refractivity contribution in [2.24, 2.45) is 13.0 Å². The van der Waals surface area contributed by atoms with E-state index in [-0.39, 0.29) is 23.5 Å². The topological polar surface area (TPSA) is 67.2 Å². The van der Waals surface area contributed by atoms with Crippen molar-refractivity contribution in [1.82, 2.24) is 14.7 Å². The number of anilines is 1. The molecule has 1 fully saturated rings. The van der Waals surface area contributed by atoms with Crippen LogP contribution in [-0.4, -0.2) is 39.6 Å². The van der Waals surface area contributed by atoms with Gasteiger partial charge in [0.2, 0.25) is 5.91 Å². The highest BCUT2D eigenvalue weighted by Crippen LogP contribution is 2.20. The number of nitrogens with one attached hydrogen (secondary N) is 1. The summed E-state index contributed by atoms with van der Waals surface area (Å²) in [7, 11) is 1.78. The number of nitrogens with zero attached hydrogens (tertiary/aromatic N) is 3. The molecule has 2 heterocycles. The number of piperidine rings is 1. The normalized spacial score (nSPS) is 17.6. The van der Waals surface area contributed by atoms with Gasteiger partial charge in [-0.2, -0.15) is 5.10 Å². The van der Waals surface area contributed by atoms with Crippen molar-refractivity contribution in [1.29, 1.82) is 0 Å². The monoisotopic (exact) mass is 330 g/mol. The third-order valence-electron chi connectivity index (χ3n) is 4.14. The number of rotatable bonds is 3. The first-order valence-electron chi connectivity index (χ1n) is 7.88. The van der Waals surface area contributed by atoms with Crippen LogP contribution in [0.25, 0.3) is 0 Å². The number of hydrogen-bond acceptors (Lipinski definition) is 3. The summed E-state index contributed by atoms with van der Waals surface area (Å²) in [6.45, 7) is 0.957. The molecule has 0 spiro atoms. The minimum atomic E-state index is -0.377. The van der Waals surface area contributed by atoms with Crippen molar-refractivity contribution >= 4 is 17.6 Å². The Balaban J connectivity index is 1.64. The molecule has 1 aliphatic rings. The maximum Gasteiger partial charge on any atom is 0.253 e. The minimum absolute atomic E-state index is 0.134. The van der Waals surface area contributed by atoms with Gasteiger partial charge in [-0.15, -0.1) is 0 Å². The van der Waals surface area contributed by atoms with Gasteiger partial charge in [-0.1, -0.05) is 0 Å². The molecule has 126 valence electrons. The van der Waals surface area contributed by atoms with Gasteiger partial charge in [0, 0.05) is 38.0 Å². The van der Waals surface area contributed by atoms with Crippen LogP contribution >= 0.6 is 0 Å². The van der Waals surface area contributed by atoms with E-state index < -0.39 is 0 Å². The molecule has 1 aliphatic heterocycles. The highest BCUT2D eigenvalue weighted by molar-refractivity contribution is 5.96. The van der Waals surface area contributed by atoms with E-state index in [9.17, 15) is 14.0 Å². The number of carbonyl (C=O) groups is 2. The van der Waals surface area contributed by atoms with E-state index in [1.165, 1.54) is 24.3 Å². The van der Waals surface area contributed by atoms with Crippen LogP contribution in [0.2, 0.25) is 0 Å². The van der Waals surface area contributed by atoms with Crippen LogP contribution in [0.3, 0.4) is 0 Å². The number of aryl methyl sites for hydroxylation is 1. The lowest BCUT2D eigenvalue weighted by Crippen LogP contribution is -2.43. The van der Waals surface area contributed by atoms with Crippen LogP contribution in [0.1, 0.15) is 23.2 Å². The second kappa shape index (κ2) is 6.82. The predicted molar refractivity (Wildman–Crippen MR) is 86.9 cm³/mol. The van der Waals surface area contributed by atoms with Gasteiger partial charge in [-0.3, -0.25) is 14.3 Å². The van der Waals surface area contributed by atoms with E-state index in [2.05, 4.69) is 10.4 Å². The Morgan fingerprint density at radius 1 is 1.25 bits per heavy atom. The zero-order valence-electron chi connectivity index (χ0n) is 13.4. The van der Waals surface area contributed by atoms with Gasteiger partial charge in [-0.25, -0.2) is 4.39 Å². The van der Waals surface area contributed by atoms with Crippen LogP contribution < -0.4 is 5.32 Å². The first kappa shape index (κ1) is 16.2. The number of carbonyl (C=O) groups excluding carboxylic acids is 2. The van der Waals surface area contributed by atoms with E-state index in [0.717, 1.165) is 12.8 Å². The first-order valence-corrected chi connectivity index (χ1v) is 7.88. The summed E-state index contributed by atoms with van der Waals surface area (Å²) in [5.74, 6) is -0.455. The summed E-state index contributed by atoms with van der Waals surface area (Å²) in [5.41, 5.74) is 0.433. The fraction of sp³-hybridized carbons (Fsp3) is 0.353. The Bertz CT molecular complexity index is 741. The summed E-state index contributed by atoms with van der Waals surface area (Å²) in [4.78, 5) is 26.5. The van der Waals surface area contributed by atoms with Crippen LogP contribution in [0.4, 0.5) is 10.2 Å². The number of benzene rings is 1. The Labute approximate surface area is 139 Å². The average Bonchev–Trinajstić information content (AvgIpc) is 3.00. The van der Waals surface area contributed by atoms with E-state index in [4.69, 9.17) is 0 Å². The number of hydrogen-bond donors (Lipinski definition) is 1. The summed E-state index contributed by atoms with van der Waals surface area (Å²) in [6, 6.07) is 7.19. The lowest BCUT2D eigenvalue weighted by molar-refractivity contribution is -0.121. The zero-order chi connectivity index (χ0) is 17.1. The summed E-state index contributed by atoms with van der Waals surface area (Å²) >= 11 is 0. The highest BCUT2D eigenvalue weighted by atomic mass is 19.1.